The number of benzene rings is 1. The van der Waals surface area contributed by atoms with Gasteiger partial charge < -0.3 is 5.32 Å². The molecule has 3 aromatic rings. The monoisotopic (exact) mass is 388 g/mol. The molecule has 1 amide bonds. The van der Waals surface area contributed by atoms with Gasteiger partial charge >= 0.3 is 0 Å². The minimum absolute atomic E-state index is 0.289. The number of rotatable bonds is 4. The maximum absolute atomic E-state index is 12.4. The van der Waals surface area contributed by atoms with Crippen LogP contribution in [0.5, 0.6) is 0 Å². The zero-order chi connectivity index (χ0) is 17.9. The predicted octanol–water partition coefficient (Wildman–Crippen LogP) is 3.23. The van der Waals surface area contributed by atoms with E-state index >= 15 is 0 Å². The van der Waals surface area contributed by atoms with Gasteiger partial charge in [0.15, 0.2) is 10.8 Å². The fourth-order valence-electron chi connectivity index (χ4n) is 2.92. The summed E-state index contributed by atoms with van der Waals surface area (Å²) < 4.78 is 1.78. The summed E-state index contributed by atoms with van der Waals surface area (Å²) in [5.41, 5.74) is 1.86. The molecule has 1 aromatic carbocycles. The van der Waals surface area contributed by atoms with Gasteiger partial charge in [-0.2, -0.15) is 0 Å². The van der Waals surface area contributed by atoms with E-state index in [0.717, 1.165) is 37.2 Å². The van der Waals surface area contributed by atoms with Crippen molar-refractivity contribution < 1.29 is 4.79 Å². The van der Waals surface area contributed by atoms with Gasteiger partial charge in [0.2, 0.25) is 0 Å². The van der Waals surface area contributed by atoms with Gasteiger partial charge in [0.1, 0.15) is 0 Å². The Morgan fingerprint density at radius 1 is 1.31 bits per heavy atom. The van der Waals surface area contributed by atoms with E-state index in [2.05, 4.69) is 25.9 Å². The normalized spacial score (nSPS) is 15.1. The molecule has 9 heteroatoms. The first kappa shape index (κ1) is 17.1. The summed E-state index contributed by atoms with van der Waals surface area (Å²) in [5, 5.41) is 17.2. The molecule has 2 N–H and O–H groups in total. The highest BCUT2D eigenvalue weighted by Gasteiger charge is 2.19. The highest BCUT2D eigenvalue weighted by atomic mass is 35.5. The smallest absolute Gasteiger partial charge is 0.279 e. The molecule has 1 aliphatic rings. The van der Waals surface area contributed by atoms with Crippen LogP contribution in [0.15, 0.2) is 35.8 Å². The van der Waals surface area contributed by atoms with Crippen LogP contribution in [0, 0.1) is 0 Å². The molecule has 0 bridgehead atoms. The average Bonchev–Trinajstić information content (AvgIpc) is 3.33. The Bertz CT molecular complexity index is 917. The van der Waals surface area contributed by atoms with Crippen molar-refractivity contribution in [3.8, 4) is 11.3 Å². The number of nitrogens with one attached hydrogen (secondary N) is 2. The fourth-order valence-corrected chi connectivity index (χ4v) is 3.85. The van der Waals surface area contributed by atoms with Crippen LogP contribution in [0.1, 0.15) is 29.4 Å². The Morgan fingerprint density at radius 2 is 2.12 bits per heavy atom. The summed E-state index contributed by atoms with van der Waals surface area (Å²) in [6.45, 7) is 1.91. The highest BCUT2D eigenvalue weighted by Crippen LogP contribution is 2.30. The van der Waals surface area contributed by atoms with Gasteiger partial charge in [0.25, 0.3) is 5.91 Å². The second-order valence-electron chi connectivity index (χ2n) is 6.04. The van der Waals surface area contributed by atoms with Crippen LogP contribution in [0.2, 0.25) is 5.02 Å². The second-order valence-corrected chi connectivity index (χ2v) is 7.30. The lowest BCUT2D eigenvalue weighted by Crippen LogP contribution is -2.29. The van der Waals surface area contributed by atoms with Crippen LogP contribution in [-0.4, -0.2) is 39.0 Å². The van der Waals surface area contributed by atoms with Gasteiger partial charge in [0, 0.05) is 16.0 Å². The Balaban J connectivity index is 1.45. The molecular formula is C17H17ClN6OS. The number of hydrogen-bond donors (Lipinski definition) is 2. The number of hydrogen-bond acceptors (Lipinski definition) is 6. The molecule has 0 aliphatic carbocycles. The third-order valence-electron chi connectivity index (χ3n) is 4.30. The first-order valence-corrected chi connectivity index (χ1v) is 9.61. The van der Waals surface area contributed by atoms with Crippen molar-refractivity contribution in [3.05, 3.63) is 46.6 Å². The van der Waals surface area contributed by atoms with Gasteiger partial charge in [-0.15, -0.1) is 16.4 Å². The number of piperidine rings is 1. The standard InChI is InChI=1S/C17H17ClN6OS/c18-13-4-2-1-3-12(13)15-10-26-17(20-15)21-16(25)14-9-24(23-22-14)11-5-7-19-8-6-11/h1-4,9-11,19H,5-8H2,(H,20,21,25). The number of aromatic nitrogens is 4. The average molecular weight is 389 g/mol. The third kappa shape index (κ3) is 3.62. The first-order chi connectivity index (χ1) is 12.7. The zero-order valence-corrected chi connectivity index (χ0v) is 15.4. The van der Waals surface area contributed by atoms with Crippen molar-refractivity contribution in [3.63, 3.8) is 0 Å². The Morgan fingerprint density at radius 3 is 2.92 bits per heavy atom. The van der Waals surface area contributed by atoms with Gasteiger partial charge in [-0.1, -0.05) is 35.0 Å². The van der Waals surface area contributed by atoms with Gasteiger partial charge in [-0.3, -0.25) is 10.1 Å². The molecule has 1 aliphatic heterocycles. The van der Waals surface area contributed by atoms with Crippen molar-refractivity contribution in [1.82, 2.24) is 25.3 Å². The van der Waals surface area contributed by atoms with Crippen LogP contribution in [0.3, 0.4) is 0 Å². The van der Waals surface area contributed by atoms with Gasteiger partial charge in [-0.25, -0.2) is 9.67 Å². The van der Waals surface area contributed by atoms with Crippen molar-refractivity contribution >= 4 is 34.0 Å². The SMILES string of the molecule is O=C(Nc1nc(-c2ccccc2Cl)cs1)c1cn(C2CCNCC2)nn1. The number of anilines is 1. The molecule has 1 fully saturated rings. The summed E-state index contributed by atoms with van der Waals surface area (Å²) in [4.78, 5) is 16.9. The second kappa shape index (κ2) is 7.53. The Labute approximate surface area is 159 Å². The molecule has 3 heterocycles. The number of halogens is 1. The lowest BCUT2D eigenvalue weighted by molar-refractivity contribution is 0.102. The topological polar surface area (TPSA) is 84.7 Å². The number of thiazole rings is 1. The minimum atomic E-state index is -0.315. The van der Waals surface area contributed by atoms with E-state index < -0.39 is 0 Å². The first-order valence-electron chi connectivity index (χ1n) is 8.35. The van der Waals surface area contributed by atoms with E-state index in [-0.39, 0.29) is 17.6 Å². The molecule has 0 unspecified atom stereocenters. The molecule has 2 aromatic heterocycles. The van der Waals surface area contributed by atoms with Crippen LogP contribution < -0.4 is 10.6 Å². The predicted molar refractivity (Wildman–Crippen MR) is 102 cm³/mol. The minimum Gasteiger partial charge on any atom is -0.317 e. The number of carbonyl (C=O) groups is 1. The summed E-state index contributed by atoms with van der Waals surface area (Å²) in [7, 11) is 0. The maximum Gasteiger partial charge on any atom is 0.279 e. The van der Waals surface area contributed by atoms with Gasteiger partial charge in [-0.05, 0) is 32.0 Å². The van der Waals surface area contributed by atoms with E-state index in [1.165, 1.54) is 11.3 Å². The molecule has 0 spiro atoms. The summed E-state index contributed by atoms with van der Waals surface area (Å²) in [5.74, 6) is -0.315. The van der Waals surface area contributed by atoms with Crippen LogP contribution >= 0.6 is 22.9 Å². The van der Waals surface area contributed by atoms with E-state index in [0.29, 0.717) is 10.2 Å². The largest absolute Gasteiger partial charge is 0.317 e. The highest BCUT2D eigenvalue weighted by molar-refractivity contribution is 7.14. The molecule has 0 radical (unpaired) electrons. The number of nitrogens with zero attached hydrogens (tertiary/aromatic N) is 4. The molecule has 4 rings (SSSR count). The third-order valence-corrected chi connectivity index (χ3v) is 5.39. The molecular weight excluding hydrogens is 372 g/mol. The van der Waals surface area contributed by atoms with Crippen molar-refractivity contribution in [2.24, 2.45) is 0 Å². The summed E-state index contributed by atoms with van der Waals surface area (Å²) in [6.07, 6.45) is 3.67. The zero-order valence-electron chi connectivity index (χ0n) is 13.9. The molecule has 1 saturated heterocycles. The fraction of sp³-hybridized carbons (Fsp3) is 0.294. The Hall–Kier alpha value is -2.29. The quantitative estimate of drug-likeness (QED) is 0.716. The van der Waals surface area contributed by atoms with Crippen LogP contribution in [-0.2, 0) is 0 Å². The summed E-state index contributed by atoms with van der Waals surface area (Å²) >= 11 is 7.54. The van der Waals surface area contributed by atoms with E-state index in [4.69, 9.17) is 11.6 Å². The molecule has 0 saturated carbocycles. The van der Waals surface area contributed by atoms with Crippen LogP contribution in [0.4, 0.5) is 5.13 Å². The number of carbonyl (C=O) groups excluding carboxylic acids is 1. The Kier molecular flexibility index (Phi) is 4.96. The van der Waals surface area contributed by atoms with E-state index in [9.17, 15) is 4.79 Å². The number of amides is 1. The van der Waals surface area contributed by atoms with Crippen molar-refractivity contribution in [2.75, 3.05) is 18.4 Å². The lowest BCUT2D eigenvalue weighted by Gasteiger charge is -2.21. The molecule has 134 valence electrons. The van der Waals surface area contributed by atoms with E-state index in [1.807, 2.05) is 29.6 Å². The van der Waals surface area contributed by atoms with E-state index in [1.54, 1.807) is 10.9 Å². The molecule has 26 heavy (non-hydrogen) atoms. The molecule has 0 atom stereocenters. The lowest BCUT2D eigenvalue weighted by atomic mass is 10.1. The maximum atomic E-state index is 12.4. The van der Waals surface area contributed by atoms with Crippen molar-refractivity contribution in [2.45, 2.75) is 18.9 Å². The van der Waals surface area contributed by atoms with Crippen LogP contribution in [0.25, 0.3) is 11.3 Å². The van der Waals surface area contributed by atoms with Crippen molar-refractivity contribution in [1.29, 1.82) is 0 Å². The summed E-state index contributed by atoms with van der Waals surface area (Å²) in [6, 6.07) is 7.77. The molecule has 7 nitrogen and oxygen atoms in total. The van der Waals surface area contributed by atoms with Gasteiger partial charge in [0.05, 0.1) is 17.9 Å².